The normalized spacial score (nSPS) is 11.5. The minimum absolute atomic E-state index is 0.138. The molecular weight excluding hydrogens is 264 g/mol. The predicted octanol–water partition coefficient (Wildman–Crippen LogP) is 1.02. The number of aromatic nitrogens is 2. The molecule has 0 fully saturated rings. The number of hydrogen-bond donors (Lipinski definition) is 2. The van der Waals surface area contributed by atoms with E-state index >= 15 is 0 Å². The van der Waals surface area contributed by atoms with Crippen molar-refractivity contribution in [2.75, 3.05) is 17.3 Å². The van der Waals surface area contributed by atoms with Gasteiger partial charge in [-0.3, -0.25) is 4.68 Å². The Hall–Kier alpha value is -2.02. The summed E-state index contributed by atoms with van der Waals surface area (Å²) in [6.45, 7) is 0.484. The number of nitrogens with one attached hydrogen (secondary N) is 1. The van der Waals surface area contributed by atoms with Gasteiger partial charge in [0.1, 0.15) is 0 Å². The highest BCUT2D eigenvalue weighted by Gasteiger charge is 2.13. The maximum atomic E-state index is 11.6. The number of nitrogens with two attached hydrogens (primary N) is 1. The Balaban J connectivity index is 2.22. The molecule has 0 amide bonds. The second kappa shape index (κ2) is 4.93. The van der Waals surface area contributed by atoms with Crippen molar-refractivity contribution in [3.05, 3.63) is 36.2 Å². The molecule has 0 spiro atoms. The number of rotatable bonds is 4. The topological polar surface area (TPSA) is 90.0 Å². The molecule has 19 heavy (non-hydrogen) atoms. The summed E-state index contributed by atoms with van der Waals surface area (Å²) in [6.07, 6.45) is 2.98. The van der Waals surface area contributed by atoms with Gasteiger partial charge in [-0.2, -0.15) is 5.10 Å². The van der Waals surface area contributed by atoms with E-state index in [4.69, 9.17) is 5.73 Å². The third kappa shape index (κ3) is 3.05. The second-order valence-corrected chi connectivity index (χ2v) is 6.31. The van der Waals surface area contributed by atoms with Gasteiger partial charge in [0.05, 0.1) is 28.5 Å². The summed E-state index contributed by atoms with van der Waals surface area (Å²) in [5.74, 6) is 0. The lowest BCUT2D eigenvalue weighted by atomic mass is 10.2. The molecule has 2 aromatic rings. The minimum atomic E-state index is -3.32. The van der Waals surface area contributed by atoms with Gasteiger partial charge in [-0.1, -0.05) is 6.07 Å². The first-order valence-electron chi connectivity index (χ1n) is 5.69. The standard InChI is InChI=1S/C12H16N4O2S/c1-16-7-6-9(15-16)8-14-10-4-3-5-11(12(10)13)19(2,17)18/h3-7,14H,8,13H2,1-2H3. The van der Waals surface area contributed by atoms with Gasteiger partial charge in [-0.15, -0.1) is 0 Å². The van der Waals surface area contributed by atoms with Crippen molar-refractivity contribution < 1.29 is 8.42 Å². The van der Waals surface area contributed by atoms with Crippen molar-refractivity contribution in [1.29, 1.82) is 0 Å². The largest absolute Gasteiger partial charge is 0.396 e. The van der Waals surface area contributed by atoms with Crippen LogP contribution in [0, 0.1) is 0 Å². The van der Waals surface area contributed by atoms with Gasteiger partial charge < -0.3 is 11.1 Å². The van der Waals surface area contributed by atoms with E-state index in [0.29, 0.717) is 12.2 Å². The van der Waals surface area contributed by atoms with Crippen LogP contribution in [0.5, 0.6) is 0 Å². The average molecular weight is 280 g/mol. The van der Waals surface area contributed by atoms with E-state index in [9.17, 15) is 8.42 Å². The highest BCUT2D eigenvalue weighted by Crippen LogP contribution is 2.26. The molecule has 2 rings (SSSR count). The zero-order valence-electron chi connectivity index (χ0n) is 10.8. The van der Waals surface area contributed by atoms with Crippen molar-refractivity contribution in [2.45, 2.75) is 11.4 Å². The van der Waals surface area contributed by atoms with Crippen LogP contribution in [0.15, 0.2) is 35.4 Å². The van der Waals surface area contributed by atoms with Crippen molar-refractivity contribution in [1.82, 2.24) is 9.78 Å². The molecule has 0 saturated carbocycles. The molecule has 7 heteroatoms. The van der Waals surface area contributed by atoms with Crippen LogP contribution in [0.1, 0.15) is 5.69 Å². The number of anilines is 2. The SMILES string of the molecule is Cn1ccc(CNc2cccc(S(C)(=O)=O)c2N)n1. The van der Waals surface area contributed by atoms with Gasteiger partial charge in [-0.05, 0) is 18.2 Å². The Morgan fingerprint density at radius 2 is 2.11 bits per heavy atom. The van der Waals surface area contributed by atoms with Crippen molar-refractivity contribution >= 4 is 21.2 Å². The Morgan fingerprint density at radius 1 is 1.37 bits per heavy atom. The molecule has 0 saturated heterocycles. The number of hydrogen-bond acceptors (Lipinski definition) is 5. The Labute approximate surface area is 112 Å². The van der Waals surface area contributed by atoms with Crippen molar-refractivity contribution in [3.8, 4) is 0 Å². The van der Waals surface area contributed by atoms with Crippen LogP contribution in [0.4, 0.5) is 11.4 Å². The van der Waals surface area contributed by atoms with Crippen LogP contribution in [0.2, 0.25) is 0 Å². The quantitative estimate of drug-likeness (QED) is 0.816. The fourth-order valence-corrected chi connectivity index (χ4v) is 2.60. The molecule has 0 unspecified atom stereocenters. The van der Waals surface area contributed by atoms with Gasteiger partial charge >= 0.3 is 0 Å². The first-order valence-corrected chi connectivity index (χ1v) is 7.58. The van der Waals surface area contributed by atoms with Crippen LogP contribution in [0.25, 0.3) is 0 Å². The molecule has 0 aliphatic heterocycles. The van der Waals surface area contributed by atoms with E-state index in [0.717, 1.165) is 11.9 Å². The summed E-state index contributed by atoms with van der Waals surface area (Å²) in [6, 6.07) is 6.78. The Kier molecular flexibility index (Phi) is 3.48. The number of benzene rings is 1. The van der Waals surface area contributed by atoms with E-state index in [1.54, 1.807) is 16.8 Å². The zero-order valence-corrected chi connectivity index (χ0v) is 11.6. The lowest BCUT2D eigenvalue weighted by molar-refractivity contribution is 0.602. The summed E-state index contributed by atoms with van der Waals surface area (Å²) in [5.41, 5.74) is 7.55. The van der Waals surface area contributed by atoms with Crippen LogP contribution in [-0.2, 0) is 23.4 Å². The summed E-state index contributed by atoms with van der Waals surface area (Å²) in [4.78, 5) is 0.138. The third-order valence-electron chi connectivity index (χ3n) is 2.69. The van der Waals surface area contributed by atoms with Crippen LogP contribution in [0.3, 0.4) is 0 Å². The molecule has 0 aliphatic carbocycles. The molecule has 0 aliphatic rings. The van der Waals surface area contributed by atoms with Gasteiger partial charge in [0.25, 0.3) is 0 Å². The monoisotopic (exact) mass is 280 g/mol. The van der Waals surface area contributed by atoms with Crippen molar-refractivity contribution in [2.24, 2.45) is 7.05 Å². The van der Waals surface area contributed by atoms with Gasteiger partial charge in [0.15, 0.2) is 9.84 Å². The lowest BCUT2D eigenvalue weighted by Crippen LogP contribution is -2.08. The molecule has 3 N–H and O–H groups in total. The summed E-state index contributed by atoms with van der Waals surface area (Å²) >= 11 is 0. The highest BCUT2D eigenvalue weighted by atomic mass is 32.2. The number of nitrogens with zero attached hydrogens (tertiary/aromatic N) is 2. The van der Waals surface area contributed by atoms with Gasteiger partial charge in [0, 0.05) is 19.5 Å². The molecule has 102 valence electrons. The van der Waals surface area contributed by atoms with E-state index < -0.39 is 9.84 Å². The van der Waals surface area contributed by atoms with E-state index in [1.165, 1.54) is 6.07 Å². The third-order valence-corrected chi connectivity index (χ3v) is 3.85. The van der Waals surface area contributed by atoms with Crippen molar-refractivity contribution in [3.63, 3.8) is 0 Å². The smallest absolute Gasteiger partial charge is 0.177 e. The minimum Gasteiger partial charge on any atom is -0.396 e. The number of para-hydroxylation sites is 1. The number of sulfone groups is 1. The fraction of sp³-hybridized carbons (Fsp3) is 0.250. The maximum absolute atomic E-state index is 11.6. The first-order chi connectivity index (χ1) is 8.88. The lowest BCUT2D eigenvalue weighted by Gasteiger charge is -2.11. The van der Waals surface area contributed by atoms with E-state index in [1.807, 2.05) is 19.3 Å². The molecule has 1 heterocycles. The molecular formula is C12H16N4O2S. The van der Waals surface area contributed by atoms with Crippen LogP contribution in [-0.4, -0.2) is 24.5 Å². The summed E-state index contributed by atoms with van der Waals surface area (Å²) in [5, 5.41) is 7.31. The van der Waals surface area contributed by atoms with Crippen LogP contribution < -0.4 is 11.1 Å². The van der Waals surface area contributed by atoms with E-state index in [-0.39, 0.29) is 10.6 Å². The van der Waals surface area contributed by atoms with Gasteiger partial charge in [0.2, 0.25) is 0 Å². The first kappa shape index (κ1) is 13.4. The molecule has 0 radical (unpaired) electrons. The molecule has 1 aromatic heterocycles. The maximum Gasteiger partial charge on any atom is 0.177 e. The molecule has 1 aromatic carbocycles. The number of nitrogen functional groups attached to an aromatic ring is 1. The Bertz CT molecular complexity index is 692. The predicted molar refractivity (Wildman–Crippen MR) is 74.5 cm³/mol. The molecule has 0 bridgehead atoms. The zero-order chi connectivity index (χ0) is 14.0. The van der Waals surface area contributed by atoms with Crippen LogP contribution >= 0.6 is 0 Å². The fourth-order valence-electron chi connectivity index (χ4n) is 1.76. The van der Waals surface area contributed by atoms with E-state index in [2.05, 4.69) is 10.4 Å². The number of aryl methyl sites for hydroxylation is 1. The molecule has 6 nitrogen and oxygen atoms in total. The molecule has 0 atom stereocenters. The average Bonchev–Trinajstić information content (AvgIpc) is 2.72. The second-order valence-electron chi connectivity index (χ2n) is 4.32. The van der Waals surface area contributed by atoms with Gasteiger partial charge in [-0.25, -0.2) is 8.42 Å². The highest BCUT2D eigenvalue weighted by molar-refractivity contribution is 7.90. The Morgan fingerprint density at radius 3 is 2.68 bits per heavy atom. The summed E-state index contributed by atoms with van der Waals surface area (Å²) in [7, 11) is -1.48. The summed E-state index contributed by atoms with van der Waals surface area (Å²) < 4.78 is 24.8.